The van der Waals surface area contributed by atoms with Crippen LogP contribution < -0.4 is 20.1 Å². The van der Waals surface area contributed by atoms with Gasteiger partial charge in [-0.05, 0) is 60.7 Å². The zero-order chi connectivity index (χ0) is 25.9. The number of nitrogens with one attached hydrogen (secondary N) is 2. The standard InChI is InChI=1S/C25H20F2N2O7/c26-25(27)36-20-12-8-17(9-13-20)24(33)29-21(30)15-34-22(31)14-28-23(32)16-6-10-19(11-7-16)35-18-4-2-1-3-5-18/h1-13,25H,14-15H2,(H,28,32)(H,29,30,33). The number of hydrogen-bond acceptors (Lipinski definition) is 7. The number of rotatable bonds is 10. The molecule has 0 saturated carbocycles. The molecule has 0 bridgehead atoms. The van der Waals surface area contributed by atoms with Gasteiger partial charge in [-0.1, -0.05) is 18.2 Å². The Kier molecular flexibility index (Phi) is 9.04. The average Bonchev–Trinajstić information content (AvgIpc) is 2.87. The Morgan fingerprint density at radius 2 is 1.28 bits per heavy atom. The molecule has 3 aromatic carbocycles. The molecule has 36 heavy (non-hydrogen) atoms. The molecule has 0 heterocycles. The SMILES string of the molecule is O=C(COC(=O)CNC(=O)c1ccc(Oc2ccccc2)cc1)NC(=O)c1ccc(OC(F)F)cc1. The second kappa shape index (κ2) is 12.6. The summed E-state index contributed by atoms with van der Waals surface area (Å²) in [7, 11) is 0. The molecule has 3 amide bonds. The lowest BCUT2D eigenvalue weighted by Gasteiger charge is -2.09. The lowest BCUT2D eigenvalue weighted by Crippen LogP contribution is -2.36. The molecule has 0 spiro atoms. The Morgan fingerprint density at radius 1 is 0.722 bits per heavy atom. The van der Waals surface area contributed by atoms with E-state index in [4.69, 9.17) is 9.47 Å². The molecule has 3 aromatic rings. The van der Waals surface area contributed by atoms with Crippen molar-refractivity contribution in [1.29, 1.82) is 0 Å². The Bertz CT molecular complexity index is 1200. The molecular weight excluding hydrogens is 478 g/mol. The minimum absolute atomic E-state index is 0.00347. The van der Waals surface area contributed by atoms with Crippen LogP contribution in [0, 0.1) is 0 Å². The monoisotopic (exact) mass is 498 g/mol. The summed E-state index contributed by atoms with van der Waals surface area (Å²) in [5.74, 6) is -2.18. The first kappa shape index (κ1) is 25.8. The zero-order valence-corrected chi connectivity index (χ0v) is 18.6. The van der Waals surface area contributed by atoms with Crippen molar-refractivity contribution in [2.24, 2.45) is 0 Å². The number of alkyl halides is 2. The third-order valence-corrected chi connectivity index (χ3v) is 4.45. The Hall–Kier alpha value is -4.80. The maximum atomic E-state index is 12.2. The molecule has 0 saturated heterocycles. The number of ether oxygens (including phenoxy) is 3. The van der Waals surface area contributed by atoms with Crippen LogP contribution in [0.25, 0.3) is 0 Å². The number of amides is 3. The fourth-order valence-electron chi connectivity index (χ4n) is 2.77. The van der Waals surface area contributed by atoms with E-state index >= 15 is 0 Å². The van der Waals surface area contributed by atoms with Gasteiger partial charge in [0.2, 0.25) is 0 Å². The highest BCUT2D eigenvalue weighted by atomic mass is 19.3. The molecule has 0 aliphatic carbocycles. The highest BCUT2D eigenvalue weighted by Crippen LogP contribution is 2.21. The molecule has 9 nitrogen and oxygen atoms in total. The van der Waals surface area contributed by atoms with E-state index in [-0.39, 0.29) is 16.9 Å². The van der Waals surface area contributed by atoms with E-state index in [1.807, 2.05) is 23.5 Å². The van der Waals surface area contributed by atoms with Crippen molar-refractivity contribution in [3.63, 3.8) is 0 Å². The van der Waals surface area contributed by atoms with Crippen LogP contribution in [0.5, 0.6) is 17.2 Å². The summed E-state index contributed by atoms with van der Waals surface area (Å²) in [6, 6.07) is 20.0. The first-order valence-electron chi connectivity index (χ1n) is 10.5. The van der Waals surface area contributed by atoms with Crippen molar-refractivity contribution < 1.29 is 42.2 Å². The van der Waals surface area contributed by atoms with Gasteiger partial charge in [-0.15, -0.1) is 0 Å². The minimum atomic E-state index is -3.01. The van der Waals surface area contributed by atoms with Crippen LogP contribution in [0.4, 0.5) is 8.78 Å². The van der Waals surface area contributed by atoms with Crippen molar-refractivity contribution in [3.8, 4) is 17.2 Å². The van der Waals surface area contributed by atoms with Crippen molar-refractivity contribution in [1.82, 2.24) is 10.6 Å². The Labute approximate surface area is 204 Å². The minimum Gasteiger partial charge on any atom is -0.457 e. The largest absolute Gasteiger partial charge is 0.457 e. The Balaban J connectivity index is 1.38. The summed E-state index contributed by atoms with van der Waals surface area (Å²) in [4.78, 5) is 47.9. The first-order chi connectivity index (χ1) is 17.3. The second-order valence-corrected chi connectivity index (χ2v) is 7.06. The normalized spacial score (nSPS) is 10.3. The van der Waals surface area contributed by atoms with Gasteiger partial charge in [-0.2, -0.15) is 8.78 Å². The molecule has 186 valence electrons. The number of imide groups is 1. The van der Waals surface area contributed by atoms with E-state index in [1.165, 1.54) is 24.3 Å². The fraction of sp³-hybridized carbons (Fsp3) is 0.120. The van der Waals surface area contributed by atoms with E-state index in [0.29, 0.717) is 11.5 Å². The summed E-state index contributed by atoms with van der Waals surface area (Å²) < 4.78 is 38.8. The number of esters is 1. The molecule has 11 heteroatoms. The molecule has 3 rings (SSSR count). The zero-order valence-electron chi connectivity index (χ0n) is 18.6. The predicted octanol–water partition coefficient (Wildman–Crippen LogP) is 3.31. The molecule has 0 aromatic heterocycles. The lowest BCUT2D eigenvalue weighted by molar-refractivity contribution is -0.147. The third-order valence-electron chi connectivity index (χ3n) is 4.45. The van der Waals surface area contributed by atoms with Crippen molar-refractivity contribution >= 4 is 23.7 Å². The van der Waals surface area contributed by atoms with Gasteiger partial charge in [-0.3, -0.25) is 24.5 Å². The lowest BCUT2D eigenvalue weighted by atomic mass is 10.2. The van der Waals surface area contributed by atoms with Gasteiger partial charge in [0.15, 0.2) is 6.61 Å². The third kappa shape index (κ3) is 8.20. The van der Waals surface area contributed by atoms with Crippen LogP contribution in [0.15, 0.2) is 78.9 Å². The van der Waals surface area contributed by atoms with E-state index in [0.717, 1.165) is 12.1 Å². The number of para-hydroxylation sites is 1. The van der Waals surface area contributed by atoms with Crippen LogP contribution in [0.2, 0.25) is 0 Å². The van der Waals surface area contributed by atoms with Crippen LogP contribution in [0.3, 0.4) is 0 Å². The maximum absolute atomic E-state index is 12.2. The van der Waals surface area contributed by atoms with Crippen molar-refractivity contribution in [2.45, 2.75) is 6.61 Å². The number of carbonyl (C=O) groups is 4. The number of benzene rings is 3. The topological polar surface area (TPSA) is 120 Å². The summed E-state index contributed by atoms with van der Waals surface area (Å²) >= 11 is 0. The van der Waals surface area contributed by atoms with Crippen LogP contribution in [-0.4, -0.2) is 43.5 Å². The molecule has 0 aliphatic rings. The summed E-state index contributed by atoms with van der Waals surface area (Å²) in [5, 5.41) is 4.34. The van der Waals surface area contributed by atoms with Gasteiger partial charge >= 0.3 is 12.6 Å². The summed E-state index contributed by atoms with van der Waals surface area (Å²) in [5.41, 5.74) is 0.278. The van der Waals surface area contributed by atoms with E-state index in [1.54, 1.807) is 24.3 Å². The van der Waals surface area contributed by atoms with Gasteiger partial charge < -0.3 is 19.5 Å². The van der Waals surface area contributed by atoms with Gasteiger partial charge in [0.25, 0.3) is 17.7 Å². The molecule has 0 radical (unpaired) electrons. The fourth-order valence-corrected chi connectivity index (χ4v) is 2.77. The molecule has 0 fully saturated rings. The van der Waals surface area contributed by atoms with E-state index in [9.17, 15) is 28.0 Å². The Morgan fingerprint density at radius 3 is 1.89 bits per heavy atom. The van der Waals surface area contributed by atoms with E-state index in [2.05, 4.69) is 10.1 Å². The highest BCUT2D eigenvalue weighted by Gasteiger charge is 2.14. The first-order valence-corrected chi connectivity index (χ1v) is 10.5. The molecule has 0 unspecified atom stereocenters. The van der Waals surface area contributed by atoms with Gasteiger partial charge in [0.1, 0.15) is 23.8 Å². The number of hydrogen-bond donors (Lipinski definition) is 2. The van der Waals surface area contributed by atoms with E-state index < -0.39 is 43.5 Å². The number of halogens is 2. The van der Waals surface area contributed by atoms with Crippen LogP contribution in [-0.2, 0) is 14.3 Å². The molecule has 2 N–H and O–H groups in total. The summed E-state index contributed by atoms with van der Waals surface area (Å²) in [6.07, 6.45) is 0. The van der Waals surface area contributed by atoms with Crippen molar-refractivity contribution in [3.05, 3.63) is 90.0 Å². The number of carbonyl (C=O) groups excluding carboxylic acids is 4. The van der Waals surface area contributed by atoms with Crippen molar-refractivity contribution in [2.75, 3.05) is 13.2 Å². The highest BCUT2D eigenvalue weighted by molar-refractivity contribution is 6.05. The van der Waals surface area contributed by atoms with Crippen LogP contribution >= 0.6 is 0 Å². The maximum Gasteiger partial charge on any atom is 0.387 e. The molecule has 0 aliphatic heterocycles. The van der Waals surface area contributed by atoms with Crippen LogP contribution in [0.1, 0.15) is 20.7 Å². The van der Waals surface area contributed by atoms with Gasteiger partial charge in [0, 0.05) is 11.1 Å². The predicted molar refractivity (Wildman–Crippen MR) is 122 cm³/mol. The molecular formula is C25H20F2N2O7. The van der Waals surface area contributed by atoms with Gasteiger partial charge in [0.05, 0.1) is 0 Å². The quantitative estimate of drug-likeness (QED) is 0.412. The summed E-state index contributed by atoms with van der Waals surface area (Å²) in [6.45, 7) is -4.28. The smallest absolute Gasteiger partial charge is 0.387 e. The van der Waals surface area contributed by atoms with Gasteiger partial charge in [-0.25, -0.2) is 0 Å². The second-order valence-electron chi connectivity index (χ2n) is 7.06. The average molecular weight is 498 g/mol. The molecule has 0 atom stereocenters.